The second kappa shape index (κ2) is 6.60. The van der Waals surface area contributed by atoms with Crippen molar-refractivity contribution in [3.8, 4) is 0 Å². The quantitative estimate of drug-likeness (QED) is 0.927. The second-order valence-electron chi connectivity index (χ2n) is 5.76. The number of carbonyl (C=O) groups is 1. The molecule has 0 unspecified atom stereocenters. The fourth-order valence-electron chi connectivity index (χ4n) is 2.68. The summed E-state index contributed by atoms with van der Waals surface area (Å²) in [5, 5.41) is 2.73. The van der Waals surface area contributed by atoms with E-state index in [0.717, 1.165) is 12.1 Å². The normalized spacial score (nSPS) is 16.6. The van der Waals surface area contributed by atoms with Crippen LogP contribution >= 0.6 is 0 Å². The molecule has 1 aromatic carbocycles. The molecule has 0 saturated carbocycles. The van der Waals surface area contributed by atoms with E-state index in [1.807, 2.05) is 19.1 Å². The van der Waals surface area contributed by atoms with E-state index < -0.39 is 10.0 Å². The molecule has 3 rings (SSSR count). The van der Waals surface area contributed by atoms with Crippen LogP contribution in [0.2, 0.25) is 0 Å². The van der Waals surface area contributed by atoms with Crippen molar-refractivity contribution in [2.24, 2.45) is 0 Å². The molecule has 1 fully saturated rings. The van der Waals surface area contributed by atoms with E-state index >= 15 is 0 Å². The summed E-state index contributed by atoms with van der Waals surface area (Å²) in [4.78, 5) is 16.6. The lowest BCUT2D eigenvalue weighted by Gasteiger charge is -2.28. The highest BCUT2D eigenvalue weighted by Gasteiger charge is 2.26. The minimum Gasteiger partial charge on any atom is -0.307 e. The van der Waals surface area contributed by atoms with Gasteiger partial charge in [-0.3, -0.25) is 9.10 Å². The zero-order chi connectivity index (χ0) is 17.2. The van der Waals surface area contributed by atoms with E-state index in [1.54, 1.807) is 30.3 Å². The van der Waals surface area contributed by atoms with Gasteiger partial charge in [0.1, 0.15) is 5.82 Å². The Hall–Kier alpha value is -2.41. The summed E-state index contributed by atoms with van der Waals surface area (Å²) in [6, 6.07) is 12.0. The van der Waals surface area contributed by atoms with Crippen LogP contribution in [0.4, 0.5) is 11.5 Å². The Kier molecular flexibility index (Phi) is 4.53. The first kappa shape index (κ1) is 16.4. The average molecular weight is 345 g/mol. The van der Waals surface area contributed by atoms with Gasteiger partial charge < -0.3 is 5.32 Å². The third-order valence-corrected chi connectivity index (χ3v) is 5.75. The number of pyridine rings is 1. The van der Waals surface area contributed by atoms with Gasteiger partial charge in [0.2, 0.25) is 10.0 Å². The van der Waals surface area contributed by atoms with Crippen molar-refractivity contribution < 1.29 is 13.2 Å². The van der Waals surface area contributed by atoms with E-state index in [-0.39, 0.29) is 11.7 Å². The summed E-state index contributed by atoms with van der Waals surface area (Å²) in [7, 11) is -3.29. The highest BCUT2D eigenvalue weighted by atomic mass is 32.2. The molecule has 2 aromatic rings. The number of amides is 1. The summed E-state index contributed by atoms with van der Waals surface area (Å²) in [5.41, 5.74) is 1.73. The summed E-state index contributed by atoms with van der Waals surface area (Å²) in [5.74, 6) is 0.303. The fourth-order valence-corrected chi connectivity index (χ4v) is 4.31. The Morgan fingerprint density at radius 2 is 1.96 bits per heavy atom. The van der Waals surface area contributed by atoms with Gasteiger partial charge in [0.25, 0.3) is 5.91 Å². The number of sulfonamides is 1. The zero-order valence-electron chi connectivity index (χ0n) is 13.4. The predicted octanol–water partition coefficient (Wildman–Crippen LogP) is 2.57. The largest absolute Gasteiger partial charge is 0.307 e. The standard InChI is InChI=1S/C17H19N3O3S/c1-13-6-4-9-16(18-13)19-17(21)14-7-5-8-15(12-14)20-10-2-3-11-24(20,22)23/h4-9,12H,2-3,10-11H2,1H3,(H,18,19,21). The molecule has 7 heteroatoms. The Morgan fingerprint density at radius 1 is 1.17 bits per heavy atom. The van der Waals surface area contributed by atoms with Crippen LogP contribution in [0, 0.1) is 6.92 Å². The van der Waals surface area contributed by atoms with Gasteiger partial charge in [-0.1, -0.05) is 12.1 Å². The van der Waals surface area contributed by atoms with E-state index in [0.29, 0.717) is 30.0 Å². The molecule has 126 valence electrons. The fraction of sp³-hybridized carbons (Fsp3) is 0.294. The van der Waals surface area contributed by atoms with Crippen LogP contribution in [0.3, 0.4) is 0 Å². The maximum Gasteiger partial charge on any atom is 0.256 e. The first-order valence-electron chi connectivity index (χ1n) is 7.81. The molecule has 24 heavy (non-hydrogen) atoms. The molecule has 1 saturated heterocycles. The van der Waals surface area contributed by atoms with Gasteiger partial charge in [0.15, 0.2) is 0 Å². The van der Waals surface area contributed by atoms with Crippen LogP contribution in [0.1, 0.15) is 28.9 Å². The second-order valence-corrected chi connectivity index (χ2v) is 7.78. The average Bonchev–Trinajstić information content (AvgIpc) is 2.54. The van der Waals surface area contributed by atoms with Gasteiger partial charge in [-0.25, -0.2) is 13.4 Å². The molecule has 1 aliphatic heterocycles. The van der Waals surface area contributed by atoms with Gasteiger partial charge >= 0.3 is 0 Å². The van der Waals surface area contributed by atoms with E-state index in [4.69, 9.17) is 0 Å². The summed E-state index contributed by atoms with van der Waals surface area (Å²) in [6.45, 7) is 2.30. The minimum absolute atomic E-state index is 0.149. The van der Waals surface area contributed by atoms with Gasteiger partial charge in [0, 0.05) is 17.8 Å². The molecule has 1 N–H and O–H groups in total. The Labute approximate surface area is 141 Å². The third kappa shape index (κ3) is 3.56. The van der Waals surface area contributed by atoms with E-state index in [1.165, 1.54) is 4.31 Å². The molecule has 1 amide bonds. The van der Waals surface area contributed by atoms with Crippen LogP contribution in [0.15, 0.2) is 42.5 Å². The maximum absolute atomic E-state index is 12.4. The number of hydrogen-bond acceptors (Lipinski definition) is 4. The molecule has 1 aromatic heterocycles. The summed E-state index contributed by atoms with van der Waals surface area (Å²) in [6.07, 6.45) is 1.50. The lowest BCUT2D eigenvalue weighted by Crippen LogP contribution is -2.37. The van der Waals surface area contributed by atoms with E-state index in [9.17, 15) is 13.2 Å². The molecule has 0 spiro atoms. The zero-order valence-corrected chi connectivity index (χ0v) is 14.2. The van der Waals surface area contributed by atoms with Gasteiger partial charge in [-0.05, 0) is 50.1 Å². The molecular weight excluding hydrogens is 326 g/mol. The molecule has 0 aliphatic carbocycles. The minimum atomic E-state index is -3.29. The van der Waals surface area contributed by atoms with Crippen LogP contribution < -0.4 is 9.62 Å². The number of nitrogens with zero attached hydrogens (tertiary/aromatic N) is 2. The lowest BCUT2D eigenvalue weighted by atomic mass is 10.2. The molecular formula is C17H19N3O3S. The van der Waals surface area contributed by atoms with E-state index in [2.05, 4.69) is 10.3 Å². The van der Waals surface area contributed by atoms with Gasteiger partial charge in [0.05, 0.1) is 11.4 Å². The molecule has 2 heterocycles. The van der Waals surface area contributed by atoms with Crippen LogP contribution in [0.5, 0.6) is 0 Å². The molecule has 0 bridgehead atoms. The Balaban J connectivity index is 1.83. The van der Waals surface area contributed by atoms with Gasteiger partial charge in [-0.2, -0.15) is 0 Å². The first-order valence-corrected chi connectivity index (χ1v) is 9.42. The van der Waals surface area contributed by atoms with Crippen molar-refractivity contribution in [2.75, 3.05) is 21.9 Å². The number of carbonyl (C=O) groups excluding carboxylic acids is 1. The molecule has 0 radical (unpaired) electrons. The molecule has 1 aliphatic rings. The number of hydrogen-bond donors (Lipinski definition) is 1. The third-order valence-electron chi connectivity index (χ3n) is 3.88. The highest BCUT2D eigenvalue weighted by Crippen LogP contribution is 2.24. The molecule has 0 atom stereocenters. The highest BCUT2D eigenvalue weighted by molar-refractivity contribution is 7.92. The van der Waals surface area contributed by atoms with Crippen molar-refractivity contribution in [2.45, 2.75) is 19.8 Å². The van der Waals surface area contributed by atoms with Crippen LogP contribution in [-0.4, -0.2) is 31.6 Å². The lowest BCUT2D eigenvalue weighted by molar-refractivity contribution is 0.102. The monoisotopic (exact) mass is 345 g/mol. The van der Waals surface area contributed by atoms with Crippen molar-refractivity contribution >= 4 is 27.4 Å². The summed E-state index contributed by atoms with van der Waals surface area (Å²) < 4.78 is 25.8. The predicted molar refractivity (Wildman–Crippen MR) is 93.7 cm³/mol. The van der Waals surface area contributed by atoms with Crippen molar-refractivity contribution in [1.82, 2.24) is 4.98 Å². The van der Waals surface area contributed by atoms with Crippen molar-refractivity contribution in [3.05, 3.63) is 53.7 Å². The first-order chi connectivity index (χ1) is 11.5. The van der Waals surface area contributed by atoms with Crippen LogP contribution in [0.25, 0.3) is 0 Å². The summed E-state index contributed by atoms with van der Waals surface area (Å²) >= 11 is 0. The number of aromatic nitrogens is 1. The Bertz CT molecular complexity index is 865. The number of anilines is 2. The number of nitrogens with one attached hydrogen (secondary N) is 1. The number of aryl methyl sites for hydroxylation is 1. The SMILES string of the molecule is Cc1cccc(NC(=O)c2cccc(N3CCCCS3(=O)=O)c2)n1. The number of benzene rings is 1. The number of rotatable bonds is 3. The van der Waals surface area contributed by atoms with Crippen molar-refractivity contribution in [1.29, 1.82) is 0 Å². The smallest absolute Gasteiger partial charge is 0.256 e. The Morgan fingerprint density at radius 3 is 2.71 bits per heavy atom. The van der Waals surface area contributed by atoms with Crippen molar-refractivity contribution in [3.63, 3.8) is 0 Å². The maximum atomic E-state index is 12.4. The molecule has 6 nitrogen and oxygen atoms in total. The van der Waals surface area contributed by atoms with Crippen LogP contribution in [-0.2, 0) is 10.0 Å². The van der Waals surface area contributed by atoms with Gasteiger partial charge in [-0.15, -0.1) is 0 Å². The topological polar surface area (TPSA) is 79.4 Å².